The van der Waals surface area contributed by atoms with Crippen LogP contribution in [0.2, 0.25) is 0 Å². The summed E-state index contributed by atoms with van der Waals surface area (Å²) < 4.78 is 11.2. The third-order valence-corrected chi connectivity index (χ3v) is 11.2. The maximum atomic E-state index is 12.6. The molecule has 12 heteroatoms. The first-order valence-corrected chi connectivity index (χ1v) is 17.5. The Morgan fingerprint density at radius 1 is 0.543 bits per heavy atom. The van der Waals surface area contributed by atoms with Crippen LogP contribution in [0.15, 0.2) is 0 Å². The smallest absolute Gasteiger partial charge is 0.138 e. The van der Waals surface area contributed by atoms with E-state index in [-0.39, 0.29) is 11.6 Å². The Morgan fingerprint density at radius 2 is 0.891 bits per heavy atom. The Kier molecular flexibility index (Phi) is 15.5. The molecule has 0 bridgehead atoms. The summed E-state index contributed by atoms with van der Waals surface area (Å²) in [6.45, 7) is 7.51. The first kappa shape index (κ1) is 39.4. The van der Waals surface area contributed by atoms with Crippen LogP contribution >= 0.6 is 0 Å². The minimum atomic E-state index is -1.41. The molecule has 0 aromatic heterocycles. The lowest BCUT2D eigenvalue weighted by molar-refractivity contribution is -0.242. The van der Waals surface area contributed by atoms with E-state index in [1.807, 2.05) is 0 Å². The van der Waals surface area contributed by atoms with E-state index in [0.717, 1.165) is 38.5 Å². The van der Waals surface area contributed by atoms with Gasteiger partial charge in [0.1, 0.15) is 60.4 Å². The van der Waals surface area contributed by atoms with Crippen LogP contribution < -0.4 is 0 Å². The Labute approximate surface area is 273 Å². The van der Waals surface area contributed by atoms with E-state index in [2.05, 4.69) is 27.7 Å². The number of ether oxygens (including phenoxy) is 2. The highest BCUT2D eigenvalue weighted by molar-refractivity contribution is 5.83. The van der Waals surface area contributed by atoms with Crippen LogP contribution in [0.3, 0.4) is 0 Å². The van der Waals surface area contributed by atoms with E-state index in [4.69, 9.17) is 9.47 Å². The molecular formula is C34H60O12. The fourth-order valence-electron chi connectivity index (χ4n) is 8.43. The zero-order chi connectivity index (χ0) is 34.3. The fourth-order valence-corrected chi connectivity index (χ4v) is 8.43. The number of hydrogen-bond donors (Lipinski definition) is 8. The molecule has 2 aliphatic carbocycles. The molecule has 8 N–H and O–H groups in total. The molecule has 4 fully saturated rings. The van der Waals surface area contributed by atoms with Crippen molar-refractivity contribution < 1.29 is 59.9 Å². The number of carbonyl (C=O) groups is 2. The van der Waals surface area contributed by atoms with E-state index in [1.54, 1.807) is 0 Å². The van der Waals surface area contributed by atoms with E-state index in [1.165, 1.54) is 0 Å². The molecule has 268 valence electrons. The molecule has 0 aromatic rings. The average molecular weight is 661 g/mol. The average Bonchev–Trinajstić information content (AvgIpc) is 3.04. The molecule has 2 saturated carbocycles. The van der Waals surface area contributed by atoms with E-state index in [9.17, 15) is 50.4 Å². The summed E-state index contributed by atoms with van der Waals surface area (Å²) >= 11 is 0. The normalized spacial score (nSPS) is 45.2. The van der Waals surface area contributed by atoms with Gasteiger partial charge in [0.2, 0.25) is 0 Å². The first-order chi connectivity index (χ1) is 21.9. The molecule has 4 aliphatic rings. The van der Waals surface area contributed by atoms with Crippen molar-refractivity contribution in [3.63, 3.8) is 0 Å². The van der Waals surface area contributed by atoms with Crippen LogP contribution in [0.5, 0.6) is 0 Å². The molecule has 2 aliphatic heterocycles. The van der Waals surface area contributed by atoms with Crippen molar-refractivity contribution in [2.45, 2.75) is 153 Å². The molecule has 16 atom stereocenters. The van der Waals surface area contributed by atoms with Crippen molar-refractivity contribution in [3.8, 4) is 0 Å². The van der Waals surface area contributed by atoms with Gasteiger partial charge in [0, 0.05) is 24.7 Å². The van der Waals surface area contributed by atoms with Gasteiger partial charge in [0.05, 0.1) is 25.4 Å². The van der Waals surface area contributed by atoms with Gasteiger partial charge in [-0.05, 0) is 36.5 Å². The lowest BCUT2D eigenvalue weighted by atomic mass is 9.67. The lowest BCUT2D eigenvalue weighted by Crippen LogP contribution is -2.61. The minimum absolute atomic E-state index is 0.0532. The van der Waals surface area contributed by atoms with E-state index >= 15 is 0 Å². The molecule has 10 unspecified atom stereocenters. The molecule has 2 heterocycles. The number of aliphatic hydroxyl groups excluding tert-OH is 8. The highest BCUT2D eigenvalue weighted by Crippen LogP contribution is 2.42. The number of ketones is 2. The predicted octanol–water partition coefficient (Wildman–Crippen LogP) is 0.501. The monoisotopic (exact) mass is 660 g/mol. The summed E-state index contributed by atoms with van der Waals surface area (Å²) in [6.07, 6.45) is -3.57. The Balaban J connectivity index is 0.000000250. The maximum absolute atomic E-state index is 12.6. The van der Waals surface area contributed by atoms with Crippen LogP contribution in [0.4, 0.5) is 0 Å². The highest BCUT2D eigenvalue weighted by atomic mass is 16.6. The standard InChI is InChI=1S/2C17H30O6/c2*1-3-5-10-7-12(19)11(6-9(10)4-2)17-16(22)15(21)14(20)13(8-18)23-17/h2*9-11,13-18,20-22H,3-8H2,1-2H3/t9-,10+,11+,13?,14?,15?,16?,17?;9-,10-,11+,13?,14?,15?,16?,17?/m00/s1. The SMILES string of the molecule is CCC[C@@H]1CC(=O)[C@H](C2OC(CO)C(O)C(O)C2O)C[C@@H]1CC.CCC[C@H]1CC(=O)[C@H](C2OC(CO)C(O)C(O)C2O)C[C@@H]1CC. The van der Waals surface area contributed by atoms with E-state index < -0.39 is 86.1 Å². The molecule has 0 amide bonds. The number of aliphatic hydroxyl groups is 8. The molecule has 4 rings (SSSR count). The maximum Gasteiger partial charge on any atom is 0.138 e. The van der Waals surface area contributed by atoms with Gasteiger partial charge >= 0.3 is 0 Å². The van der Waals surface area contributed by atoms with Crippen molar-refractivity contribution in [2.24, 2.45) is 35.5 Å². The molecule has 2 saturated heterocycles. The summed E-state index contributed by atoms with van der Waals surface area (Å²) in [4.78, 5) is 25.1. The summed E-state index contributed by atoms with van der Waals surface area (Å²) in [5.41, 5.74) is 0. The van der Waals surface area contributed by atoms with Crippen LogP contribution in [0.25, 0.3) is 0 Å². The highest BCUT2D eigenvalue weighted by Gasteiger charge is 2.51. The molecule has 12 nitrogen and oxygen atoms in total. The molecule has 0 aromatic carbocycles. The summed E-state index contributed by atoms with van der Waals surface area (Å²) in [5.74, 6) is 0.667. The van der Waals surface area contributed by atoms with Crippen molar-refractivity contribution in [1.82, 2.24) is 0 Å². The van der Waals surface area contributed by atoms with Crippen molar-refractivity contribution in [1.29, 1.82) is 0 Å². The largest absolute Gasteiger partial charge is 0.394 e. The van der Waals surface area contributed by atoms with Crippen LogP contribution in [-0.2, 0) is 19.1 Å². The zero-order valence-electron chi connectivity index (χ0n) is 27.9. The minimum Gasteiger partial charge on any atom is -0.394 e. The van der Waals surface area contributed by atoms with Crippen molar-refractivity contribution >= 4 is 11.6 Å². The van der Waals surface area contributed by atoms with Gasteiger partial charge in [0.15, 0.2) is 0 Å². The Morgan fingerprint density at radius 3 is 1.17 bits per heavy atom. The summed E-state index contributed by atoms with van der Waals surface area (Å²) in [5, 5.41) is 78.7. The molecule has 46 heavy (non-hydrogen) atoms. The Bertz CT molecular complexity index is 871. The Hall–Kier alpha value is -1.06. The molecule has 0 spiro atoms. The summed E-state index contributed by atoms with van der Waals surface area (Å²) in [7, 11) is 0. The number of Topliss-reactive ketones (excluding diaryl/α,β-unsaturated/α-hetero) is 2. The summed E-state index contributed by atoms with van der Waals surface area (Å²) in [6, 6.07) is 0. The second kappa shape index (κ2) is 18.1. The molecule has 0 radical (unpaired) electrons. The lowest BCUT2D eigenvalue weighted by Gasteiger charge is -2.45. The quantitative estimate of drug-likeness (QED) is 0.161. The van der Waals surface area contributed by atoms with Gasteiger partial charge in [-0.3, -0.25) is 9.59 Å². The topological polar surface area (TPSA) is 214 Å². The van der Waals surface area contributed by atoms with E-state index in [0.29, 0.717) is 49.4 Å². The van der Waals surface area contributed by atoms with Gasteiger partial charge in [-0.15, -0.1) is 0 Å². The number of carbonyl (C=O) groups excluding carboxylic acids is 2. The second-order valence-electron chi connectivity index (χ2n) is 14.0. The van der Waals surface area contributed by atoms with Gasteiger partial charge < -0.3 is 50.3 Å². The second-order valence-corrected chi connectivity index (χ2v) is 14.0. The van der Waals surface area contributed by atoms with Crippen LogP contribution in [0, 0.1) is 35.5 Å². The van der Waals surface area contributed by atoms with Crippen molar-refractivity contribution in [3.05, 3.63) is 0 Å². The van der Waals surface area contributed by atoms with Gasteiger partial charge in [-0.1, -0.05) is 66.2 Å². The predicted molar refractivity (Wildman–Crippen MR) is 167 cm³/mol. The van der Waals surface area contributed by atoms with Crippen LogP contribution in [-0.4, -0.2) is 127 Å². The third-order valence-electron chi connectivity index (χ3n) is 11.2. The molecular weight excluding hydrogens is 600 g/mol. The van der Waals surface area contributed by atoms with Gasteiger partial charge in [-0.25, -0.2) is 0 Å². The fraction of sp³-hybridized carbons (Fsp3) is 0.941. The van der Waals surface area contributed by atoms with Crippen LogP contribution in [0.1, 0.15) is 91.9 Å². The van der Waals surface area contributed by atoms with Crippen molar-refractivity contribution in [2.75, 3.05) is 13.2 Å². The zero-order valence-corrected chi connectivity index (χ0v) is 27.9. The number of hydrogen-bond acceptors (Lipinski definition) is 12. The van der Waals surface area contributed by atoms with Gasteiger partial charge in [-0.2, -0.15) is 0 Å². The number of rotatable bonds is 10. The van der Waals surface area contributed by atoms with Gasteiger partial charge in [0.25, 0.3) is 0 Å². The first-order valence-electron chi connectivity index (χ1n) is 17.5. The third kappa shape index (κ3) is 8.74.